The molecule has 2 aromatic rings. The molecule has 0 aliphatic heterocycles. The highest BCUT2D eigenvalue weighted by atomic mass is 16.6. The van der Waals surface area contributed by atoms with Gasteiger partial charge in [0.05, 0.1) is 17.7 Å². The van der Waals surface area contributed by atoms with E-state index in [1.807, 2.05) is 0 Å². The van der Waals surface area contributed by atoms with E-state index in [-0.39, 0.29) is 11.4 Å². The Kier molecular flexibility index (Phi) is 4.04. The summed E-state index contributed by atoms with van der Waals surface area (Å²) in [5.74, 6) is 0.729. The Balaban J connectivity index is 2.14. The van der Waals surface area contributed by atoms with Crippen molar-refractivity contribution in [2.45, 2.75) is 13.5 Å². The highest BCUT2D eigenvalue weighted by molar-refractivity contribution is 5.58. The predicted molar refractivity (Wildman–Crippen MR) is 74.6 cm³/mol. The Bertz CT molecular complexity index is 611. The fourth-order valence-electron chi connectivity index (χ4n) is 1.71. The Morgan fingerprint density at radius 3 is 2.95 bits per heavy atom. The van der Waals surface area contributed by atoms with Crippen molar-refractivity contribution in [2.24, 2.45) is 0 Å². The van der Waals surface area contributed by atoms with Gasteiger partial charge in [-0.1, -0.05) is 0 Å². The Morgan fingerprint density at radius 1 is 1.55 bits per heavy atom. The zero-order valence-electron chi connectivity index (χ0n) is 10.9. The topological polar surface area (TPSA) is 119 Å². The molecule has 1 aromatic heterocycles. The summed E-state index contributed by atoms with van der Waals surface area (Å²) >= 11 is 0. The maximum atomic E-state index is 10.9. The number of benzene rings is 1. The molecule has 0 fully saturated rings. The van der Waals surface area contributed by atoms with E-state index in [9.17, 15) is 10.1 Å². The van der Waals surface area contributed by atoms with Gasteiger partial charge in [0.25, 0.3) is 0 Å². The van der Waals surface area contributed by atoms with Crippen LogP contribution in [0.2, 0.25) is 0 Å². The van der Waals surface area contributed by atoms with E-state index in [0.29, 0.717) is 24.7 Å². The van der Waals surface area contributed by atoms with Gasteiger partial charge in [0.2, 0.25) is 0 Å². The molecule has 106 valence electrons. The maximum Gasteiger partial charge on any atom is 0.311 e. The number of aromatic amines is 1. The van der Waals surface area contributed by atoms with Crippen LogP contribution in [0.5, 0.6) is 5.75 Å². The lowest BCUT2D eigenvalue weighted by atomic mass is 10.2. The first-order valence-electron chi connectivity index (χ1n) is 6.04. The standard InChI is InChI=1S/C12H15N5O3/c1-2-20-11-5-9(3-4-10(11)17(18)19)14-6-8-7-15-16-12(8)13/h3-5,7,14H,2,6H2,1H3,(H3,13,15,16). The van der Waals surface area contributed by atoms with Crippen molar-refractivity contribution >= 4 is 17.2 Å². The third-order valence-corrected chi connectivity index (χ3v) is 2.69. The molecule has 1 aromatic carbocycles. The van der Waals surface area contributed by atoms with E-state index in [1.54, 1.807) is 25.3 Å². The molecule has 0 saturated heterocycles. The molecule has 8 heteroatoms. The van der Waals surface area contributed by atoms with Crippen molar-refractivity contribution in [1.29, 1.82) is 0 Å². The van der Waals surface area contributed by atoms with Crippen LogP contribution in [0, 0.1) is 10.1 Å². The van der Waals surface area contributed by atoms with E-state index in [2.05, 4.69) is 15.5 Å². The van der Waals surface area contributed by atoms with Gasteiger partial charge < -0.3 is 15.8 Å². The molecule has 0 saturated carbocycles. The monoisotopic (exact) mass is 277 g/mol. The number of aromatic nitrogens is 2. The molecule has 0 aliphatic carbocycles. The molecule has 0 aliphatic rings. The number of nitro groups is 1. The first kappa shape index (κ1) is 13.7. The van der Waals surface area contributed by atoms with Gasteiger partial charge in [-0.05, 0) is 13.0 Å². The molecular weight excluding hydrogens is 262 g/mol. The number of hydrogen-bond acceptors (Lipinski definition) is 6. The third-order valence-electron chi connectivity index (χ3n) is 2.69. The van der Waals surface area contributed by atoms with Crippen molar-refractivity contribution in [1.82, 2.24) is 10.2 Å². The molecular formula is C12H15N5O3. The fraction of sp³-hybridized carbons (Fsp3) is 0.250. The molecule has 8 nitrogen and oxygen atoms in total. The van der Waals surface area contributed by atoms with E-state index < -0.39 is 4.92 Å². The summed E-state index contributed by atoms with van der Waals surface area (Å²) in [6.07, 6.45) is 1.62. The summed E-state index contributed by atoms with van der Waals surface area (Å²) in [5.41, 5.74) is 7.15. The molecule has 0 unspecified atom stereocenters. The zero-order valence-corrected chi connectivity index (χ0v) is 10.9. The van der Waals surface area contributed by atoms with Gasteiger partial charge in [-0.15, -0.1) is 0 Å². The maximum absolute atomic E-state index is 10.9. The lowest BCUT2D eigenvalue weighted by molar-refractivity contribution is -0.385. The number of H-pyrrole nitrogens is 1. The minimum atomic E-state index is -0.469. The van der Waals surface area contributed by atoms with Crippen LogP contribution in [0.15, 0.2) is 24.4 Å². The van der Waals surface area contributed by atoms with Crippen molar-refractivity contribution < 1.29 is 9.66 Å². The van der Waals surface area contributed by atoms with Crippen LogP contribution >= 0.6 is 0 Å². The molecule has 0 atom stereocenters. The lowest BCUT2D eigenvalue weighted by Crippen LogP contribution is -2.03. The number of nitrogens with zero attached hydrogens (tertiary/aromatic N) is 2. The van der Waals surface area contributed by atoms with Crippen LogP contribution in [-0.2, 0) is 6.54 Å². The van der Waals surface area contributed by atoms with Gasteiger partial charge in [0, 0.05) is 29.9 Å². The van der Waals surface area contributed by atoms with E-state index >= 15 is 0 Å². The van der Waals surface area contributed by atoms with Gasteiger partial charge in [0.15, 0.2) is 5.75 Å². The number of nitrogens with two attached hydrogens (primary N) is 1. The molecule has 0 bridgehead atoms. The SMILES string of the molecule is CCOc1cc(NCc2cn[nH]c2N)ccc1[N+](=O)[O-]. The van der Waals surface area contributed by atoms with Crippen LogP contribution in [0.4, 0.5) is 17.2 Å². The predicted octanol–water partition coefficient (Wildman–Crippen LogP) is 1.91. The van der Waals surface area contributed by atoms with Gasteiger partial charge in [0.1, 0.15) is 5.82 Å². The number of ether oxygens (including phenoxy) is 1. The smallest absolute Gasteiger partial charge is 0.311 e. The average Bonchev–Trinajstić information content (AvgIpc) is 2.82. The second-order valence-corrected chi connectivity index (χ2v) is 4.04. The summed E-state index contributed by atoms with van der Waals surface area (Å²) in [6.45, 7) is 2.60. The first-order chi connectivity index (χ1) is 9.61. The molecule has 20 heavy (non-hydrogen) atoms. The van der Waals surface area contributed by atoms with E-state index in [1.165, 1.54) is 6.07 Å². The summed E-state index contributed by atoms with van der Waals surface area (Å²) in [5, 5.41) is 20.4. The zero-order chi connectivity index (χ0) is 14.5. The van der Waals surface area contributed by atoms with Crippen molar-refractivity contribution in [3.63, 3.8) is 0 Å². The van der Waals surface area contributed by atoms with Crippen molar-refractivity contribution in [3.8, 4) is 5.75 Å². The van der Waals surface area contributed by atoms with Crippen molar-refractivity contribution in [2.75, 3.05) is 17.7 Å². The lowest BCUT2D eigenvalue weighted by Gasteiger charge is -2.09. The summed E-state index contributed by atoms with van der Waals surface area (Å²) < 4.78 is 5.27. The van der Waals surface area contributed by atoms with Gasteiger partial charge in [-0.3, -0.25) is 15.2 Å². The van der Waals surface area contributed by atoms with Crippen LogP contribution in [0.3, 0.4) is 0 Å². The molecule has 4 N–H and O–H groups in total. The second-order valence-electron chi connectivity index (χ2n) is 4.04. The summed E-state index contributed by atoms with van der Waals surface area (Å²) in [7, 11) is 0. The Morgan fingerprint density at radius 2 is 2.35 bits per heavy atom. The second kappa shape index (κ2) is 5.91. The minimum Gasteiger partial charge on any atom is -0.487 e. The first-order valence-corrected chi connectivity index (χ1v) is 6.04. The molecule has 2 rings (SSSR count). The average molecular weight is 277 g/mol. The highest BCUT2D eigenvalue weighted by Gasteiger charge is 2.15. The largest absolute Gasteiger partial charge is 0.487 e. The summed E-state index contributed by atoms with van der Waals surface area (Å²) in [4.78, 5) is 10.4. The number of nitro benzene ring substituents is 1. The molecule has 0 spiro atoms. The quantitative estimate of drug-likeness (QED) is 0.548. The van der Waals surface area contributed by atoms with Crippen LogP contribution in [-0.4, -0.2) is 21.7 Å². The Hall–Kier alpha value is -2.77. The fourth-order valence-corrected chi connectivity index (χ4v) is 1.71. The van der Waals surface area contributed by atoms with Gasteiger partial charge in [-0.25, -0.2) is 0 Å². The van der Waals surface area contributed by atoms with Crippen molar-refractivity contribution in [3.05, 3.63) is 40.1 Å². The van der Waals surface area contributed by atoms with Gasteiger partial charge >= 0.3 is 5.69 Å². The van der Waals surface area contributed by atoms with E-state index in [0.717, 1.165) is 5.56 Å². The number of hydrogen-bond donors (Lipinski definition) is 3. The van der Waals surface area contributed by atoms with Crippen LogP contribution < -0.4 is 15.8 Å². The number of anilines is 2. The highest BCUT2D eigenvalue weighted by Crippen LogP contribution is 2.30. The Labute approximate surface area is 115 Å². The van der Waals surface area contributed by atoms with Crippen LogP contribution in [0.25, 0.3) is 0 Å². The van der Waals surface area contributed by atoms with Crippen LogP contribution in [0.1, 0.15) is 12.5 Å². The summed E-state index contributed by atoms with van der Waals surface area (Å²) in [6, 6.07) is 4.63. The minimum absolute atomic E-state index is 0.0553. The van der Waals surface area contributed by atoms with Gasteiger partial charge in [-0.2, -0.15) is 5.10 Å². The number of rotatable bonds is 6. The number of nitrogens with one attached hydrogen (secondary N) is 2. The number of nitrogen functional groups attached to an aromatic ring is 1. The molecule has 1 heterocycles. The normalized spacial score (nSPS) is 10.2. The molecule has 0 radical (unpaired) electrons. The molecule has 0 amide bonds. The third kappa shape index (κ3) is 2.97. The van der Waals surface area contributed by atoms with E-state index in [4.69, 9.17) is 10.5 Å².